The van der Waals surface area contributed by atoms with E-state index in [9.17, 15) is 4.79 Å². The van der Waals surface area contributed by atoms with Crippen molar-refractivity contribution in [3.8, 4) is 11.5 Å². The highest BCUT2D eigenvalue weighted by molar-refractivity contribution is 6.11. The van der Waals surface area contributed by atoms with E-state index in [0.29, 0.717) is 22.6 Å². The lowest BCUT2D eigenvalue weighted by Crippen LogP contribution is -2.05. The average molecular weight is 270 g/mol. The van der Waals surface area contributed by atoms with Crippen LogP contribution in [0.2, 0.25) is 0 Å². The van der Waals surface area contributed by atoms with Crippen LogP contribution in [0.3, 0.4) is 0 Å². The summed E-state index contributed by atoms with van der Waals surface area (Å²) >= 11 is 0. The van der Waals surface area contributed by atoms with E-state index < -0.39 is 0 Å². The number of carbonyl (C=O) groups is 1. The molecule has 0 bridgehead atoms. The third-order valence-corrected chi connectivity index (χ3v) is 3.27. The van der Waals surface area contributed by atoms with Gasteiger partial charge in [-0.1, -0.05) is 23.8 Å². The molecule has 3 heteroatoms. The Morgan fingerprint density at radius 3 is 2.25 bits per heavy atom. The molecule has 0 saturated heterocycles. The Hall–Kier alpha value is -2.29. The van der Waals surface area contributed by atoms with Crippen LogP contribution in [0, 0.1) is 13.8 Å². The number of methoxy groups -OCH3 is 2. The zero-order chi connectivity index (χ0) is 14.7. The van der Waals surface area contributed by atoms with Gasteiger partial charge in [-0.25, -0.2) is 0 Å². The van der Waals surface area contributed by atoms with Crippen molar-refractivity contribution in [2.45, 2.75) is 13.8 Å². The van der Waals surface area contributed by atoms with Crippen molar-refractivity contribution >= 4 is 5.78 Å². The lowest BCUT2D eigenvalue weighted by atomic mass is 9.99. The molecule has 0 spiro atoms. The molecular formula is C17H18O3. The number of ether oxygens (including phenoxy) is 2. The topological polar surface area (TPSA) is 35.5 Å². The van der Waals surface area contributed by atoms with Gasteiger partial charge in [0.2, 0.25) is 0 Å². The van der Waals surface area contributed by atoms with E-state index in [0.717, 1.165) is 11.1 Å². The molecule has 0 aromatic heterocycles. The standard InChI is InChI=1S/C17H18O3/c1-11-5-8-15(19-3)14(9-11)17(18)13-7-6-12(2)16(10-13)20-4/h5-10H,1-4H3. The molecule has 0 amide bonds. The summed E-state index contributed by atoms with van der Waals surface area (Å²) in [6.45, 7) is 3.90. The van der Waals surface area contributed by atoms with Gasteiger partial charge in [0.1, 0.15) is 11.5 Å². The lowest BCUT2D eigenvalue weighted by molar-refractivity contribution is 0.103. The lowest BCUT2D eigenvalue weighted by Gasteiger charge is -2.10. The normalized spacial score (nSPS) is 10.2. The highest BCUT2D eigenvalue weighted by Gasteiger charge is 2.16. The summed E-state index contributed by atoms with van der Waals surface area (Å²) in [4.78, 5) is 12.6. The minimum atomic E-state index is -0.0659. The molecule has 0 atom stereocenters. The van der Waals surface area contributed by atoms with Gasteiger partial charge in [0, 0.05) is 5.56 Å². The summed E-state index contributed by atoms with van der Waals surface area (Å²) in [5.74, 6) is 1.23. The van der Waals surface area contributed by atoms with Crippen LogP contribution in [-0.4, -0.2) is 20.0 Å². The maximum atomic E-state index is 12.6. The Balaban J connectivity index is 2.48. The predicted molar refractivity (Wildman–Crippen MR) is 78.9 cm³/mol. The monoisotopic (exact) mass is 270 g/mol. The highest BCUT2D eigenvalue weighted by Crippen LogP contribution is 2.26. The smallest absolute Gasteiger partial charge is 0.196 e. The zero-order valence-electron chi connectivity index (χ0n) is 12.2. The van der Waals surface area contributed by atoms with E-state index >= 15 is 0 Å². The van der Waals surface area contributed by atoms with E-state index in [1.54, 1.807) is 20.3 Å². The van der Waals surface area contributed by atoms with Gasteiger partial charge in [0.25, 0.3) is 0 Å². The number of benzene rings is 2. The highest BCUT2D eigenvalue weighted by atomic mass is 16.5. The maximum absolute atomic E-state index is 12.6. The summed E-state index contributed by atoms with van der Waals surface area (Å²) in [5.41, 5.74) is 3.18. The van der Waals surface area contributed by atoms with E-state index in [1.807, 2.05) is 44.2 Å². The van der Waals surface area contributed by atoms with Crippen LogP contribution in [0.4, 0.5) is 0 Å². The zero-order valence-corrected chi connectivity index (χ0v) is 12.2. The summed E-state index contributed by atoms with van der Waals surface area (Å²) in [6.07, 6.45) is 0. The van der Waals surface area contributed by atoms with Crippen molar-refractivity contribution in [2.24, 2.45) is 0 Å². The molecule has 0 aliphatic carbocycles. The Labute approximate surface area is 119 Å². The van der Waals surface area contributed by atoms with Gasteiger partial charge in [-0.2, -0.15) is 0 Å². The van der Waals surface area contributed by atoms with Gasteiger partial charge in [-0.15, -0.1) is 0 Å². The van der Waals surface area contributed by atoms with Crippen LogP contribution in [0.5, 0.6) is 11.5 Å². The summed E-state index contributed by atoms with van der Waals surface area (Å²) in [6, 6.07) is 11.0. The van der Waals surface area contributed by atoms with Crippen LogP contribution in [0.1, 0.15) is 27.0 Å². The SMILES string of the molecule is COc1cc(C(=O)c2cc(C)ccc2OC)ccc1C. The maximum Gasteiger partial charge on any atom is 0.196 e. The van der Waals surface area contributed by atoms with Crippen molar-refractivity contribution in [3.05, 3.63) is 58.7 Å². The average Bonchev–Trinajstić information content (AvgIpc) is 2.47. The van der Waals surface area contributed by atoms with E-state index in [1.165, 1.54) is 0 Å². The summed E-state index contributed by atoms with van der Waals surface area (Å²) in [7, 11) is 3.17. The van der Waals surface area contributed by atoms with Gasteiger partial charge < -0.3 is 9.47 Å². The third kappa shape index (κ3) is 2.67. The third-order valence-electron chi connectivity index (χ3n) is 3.27. The fraction of sp³-hybridized carbons (Fsp3) is 0.235. The molecule has 0 N–H and O–H groups in total. The molecule has 2 aromatic rings. The fourth-order valence-electron chi connectivity index (χ4n) is 2.12. The molecule has 0 aliphatic rings. The van der Waals surface area contributed by atoms with E-state index in [-0.39, 0.29) is 5.78 Å². The molecule has 0 saturated carbocycles. The minimum absolute atomic E-state index is 0.0659. The second kappa shape index (κ2) is 5.78. The molecular weight excluding hydrogens is 252 g/mol. The molecule has 3 nitrogen and oxygen atoms in total. The van der Waals surface area contributed by atoms with Crippen molar-refractivity contribution in [1.82, 2.24) is 0 Å². The van der Waals surface area contributed by atoms with Crippen molar-refractivity contribution in [2.75, 3.05) is 14.2 Å². The first-order chi connectivity index (χ1) is 9.56. The first-order valence-electron chi connectivity index (χ1n) is 6.40. The van der Waals surface area contributed by atoms with Crippen LogP contribution < -0.4 is 9.47 Å². The largest absolute Gasteiger partial charge is 0.496 e. The molecule has 2 rings (SSSR count). The molecule has 0 unspecified atom stereocenters. The summed E-state index contributed by atoms with van der Waals surface area (Å²) < 4.78 is 10.5. The van der Waals surface area contributed by atoms with Crippen LogP contribution in [0.25, 0.3) is 0 Å². The van der Waals surface area contributed by atoms with Gasteiger partial charge in [0.05, 0.1) is 19.8 Å². The number of aryl methyl sites for hydroxylation is 2. The number of hydrogen-bond donors (Lipinski definition) is 0. The quantitative estimate of drug-likeness (QED) is 0.797. The van der Waals surface area contributed by atoms with Crippen molar-refractivity contribution in [3.63, 3.8) is 0 Å². The molecule has 0 heterocycles. The Morgan fingerprint density at radius 2 is 1.60 bits per heavy atom. The van der Waals surface area contributed by atoms with Crippen molar-refractivity contribution < 1.29 is 14.3 Å². The van der Waals surface area contributed by atoms with E-state index in [2.05, 4.69) is 0 Å². The number of carbonyl (C=O) groups excluding carboxylic acids is 1. The first-order valence-corrected chi connectivity index (χ1v) is 6.40. The van der Waals surface area contributed by atoms with Gasteiger partial charge in [0.15, 0.2) is 5.78 Å². The Bertz CT molecular complexity index is 645. The van der Waals surface area contributed by atoms with Crippen LogP contribution in [0.15, 0.2) is 36.4 Å². The Kier molecular flexibility index (Phi) is 4.08. The summed E-state index contributed by atoms with van der Waals surface area (Å²) in [5, 5.41) is 0. The molecule has 104 valence electrons. The first kappa shape index (κ1) is 14.1. The second-order valence-electron chi connectivity index (χ2n) is 4.72. The minimum Gasteiger partial charge on any atom is -0.496 e. The van der Waals surface area contributed by atoms with Gasteiger partial charge in [-0.05, 0) is 37.6 Å². The molecule has 0 fully saturated rings. The predicted octanol–water partition coefficient (Wildman–Crippen LogP) is 3.55. The van der Waals surface area contributed by atoms with Crippen LogP contribution >= 0.6 is 0 Å². The van der Waals surface area contributed by atoms with Crippen LogP contribution in [-0.2, 0) is 0 Å². The second-order valence-corrected chi connectivity index (χ2v) is 4.72. The van der Waals surface area contributed by atoms with Gasteiger partial charge in [-0.3, -0.25) is 4.79 Å². The number of ketones is 1. The molecule has 2 aromatic carbocycles. The number of rotatable bonds is 4. The van der Waals surface area contributed by atoms with Gasteiger partial charge >= 0.3 is 0 Å². The Morgan fingerprint density at radius 1 is 0.900 bits per heavy atom. The van der Waals surface area contributed by atoms with Crippen molar-refractivity contribution in [1.29, 1.82) is 0 Å². The molecule has 0 radical (unpaired) electrons. The van der Waals surface area contributed by atoms with E-state index in [4.69, 9.17) is 9.47 Å². The fourth-order valence-corrected chi connectivity index (χ4v) is 2.12. The molecule has 0 aliphatic heterocycles. The molecule has 20 heavy (non-hydrogen) atoms. The number of hydrogen-bond acceptors (Lipinski definition) is 3.